The summed E-state index contributed by atoms with van der Waals surface area (Å²) in [7, 11) is 0. The number of pyridine rings is 1. The van der Waals surface area contributed by atoms with Gasteiger partial charge in [-0.3, -0.25) is 4.79 Å². The molecule has 0 saturated carbocycles. The molecule has 1 rings (SSSR count). The summed E-state index contributed by atoms with van der Waals surface area (Å²) in [5.74, 6) is 0.201. The Morgan fingerprint density at radius 3 is 2.60 bits per heavy atom. The minimum Gasteiger partial charge on any atom is -0.368 e. The Morgan fingerprint density at radius 1 is 1.53 bits per heavy atom. The summed E-state index contributed by atoms with van der Waals surface area (Å²) in [6, 6.07) is 3.33. The van der Waals surface area contributed by atoms with Crippen LogP contribution in [0, 0.1) is 0 Å². The van der Waals surface area contributed by atoms with Crippen molar-refractivity contribution in [2.75, 3.05) is 11.9 Å². The van der Waals surface area contributed by atoms with E-state index in [9.17, 15) is 4.79 Å². The first kappa shape index (κ1) is 11.5. The molecule has 0 spiro atoms. The van der Waals surface area contributed by atoms with Gasteiger partial charge in [-0.15, -0.1) is 0 Å². The standard InChI is InChI=1S/C10H16N4O/c1-10(2,12)6-14-8-4-3-7(5-13-8)9(11)15/h3-5H,6,12H2,1-2H3,(H2,11,15)(H,13,14). The molecule has 5 N–H and O–H groups in total. The van der Waals surface area contributed by atoms with Gasteiger partial charge in [0.2, 0.25) is 5.91 Å². The Hall–Kier alpha value is -1.62. The maximum Gasteiger partial charge on any atom is 0.250 e. The summed E-state index contributed by atoms with van der Waals surface area (Å²) >= 11 is 0. The number of amides is 1. The van der Waals surface area contributed by atoms with Crippen molar-refractivity contribution in [3.05, 3.63) is 23.9 Å². The summed E-state index contributed by atoms with van der Waals surface area (Å²) < 4.78 is 0. The lowest BCUT2D eigenvalue weighted by molar-refractivity contribution is 0.1000. The number of nitrogens with zero attached hydrogens (tertiary/aromatic N) is 1. The zero-order chi connectivity index (χ0) is 11.5. The van der Waals surface area contributed by atoms with Gasteiger partial charge in [0.15, 0.2) is 0 Å². The van der Waals surface area contributed by atoms with Gasteiger partial charge in [-0.05, 0) is 26.0 Å². The van der Waals surface area contributed by atoms with E-state index in [0.29, 0.717) is 17.9 Å². The average Bonchev–Trinajstić information content (AvgIpc) is 2.14. The fraction of sp³-hybridized carbons (Fsp3) is 0.400. The van der Waals surface area contributed by atoms with Gasteiger partial charge in [-0.1, -0.05) is 0 Å². The van der Waals surface area contributed by atoms with Crippen molar-refractivity contribution in [1.29, 1.82) is 0 Å². The lowest BCUT2D eigenvalue weighted by Crippen LogP contribution is -2.39. The SMILES string of the molecule is CC(C)(N)CNc1ccc(C(N)=O)cn1. The first-order valence-electron chi connectivity index (χ1n) is 4.67. The van der Waals surface area contributed by atoms with Crippen LogP contribution in [0.3, 0.4) is 0 Å². The van der Waals surface area contributed by atoms with E-state index in [4.69, 9.17) is 11.5 Å². The summed E-state index contributed by atoms with van der Waals surface area (Å²) in [6.07, 6.45) is 1.44. The third-order valence-electron chi connectivity index (χ3n) is 1.77. The number of hydrogen-bond donors (Lipinski definition) is 3. The van der Waals surface area contributed by atoms with Crippen LogP contribution in [0.5, 0.6) is 0 Å². The molecule has 0 atom stereocenters. The van der Waals surface area contributed by atoms with Crippen molar-refractivity contribution in [2.24, 2.45) is 11.5 Å². The van der Waals surface area contributed by atoms with Crippen LogP contribution in [0.2, 0.25) is 0 Å². The second-order valence-corrected chi connectivity index (χ2v) is 4.14. The second-order valence-electron chi connectivity index (χ2n) is 4.14. The molecule has 1 aromatic rings. The number of nitrogens with two attached hydrogens (primary N) is 2. The lowest BCUT2D eigenvalue weighted by Gasteiger charge is -2.19. The van der Waals surface area contributed by atoms with Crippen molar-refractivity contribution in [1.82, 2.24) is 4.98 Å². The van der Waals surface area contributed by atoms with Gasteiger partial charge in [-0.25, -0.2) is 4.98 Å². The molecule has 1 aromatic heterocycles. The number of nitrogens with one attached hydrogen (secondary N) is 1. The van der Waals surface area contributed by atoms with E-state index in [1.165, 1.54) is 6.20 Å². The van der Waals surface area contributed by atoms with Gasteiger partial charge in [0.1, 0.15) is 5.82 Å². The van der Waals surface area contributed by atoms with E-state index < -0.39 is 5.91 Å². The molecule has 0 bridgehead atoms. The molecular formula is C10H16N4O. The highest BCUT2D eigenvalue weighted by Crippen LogP contribution is 2.06. The summed E-state index contributed by atoms with van der Waals surface area (Å²) in [5.41, 5.74) is 11.0. The van der Waals surface area contributed by atoms with E-state index in [2.05, 4.69) is 10.3 Å². The molecule has 0 aliphatic carbocycles. The monoisotopic (exact) mass is 208 g/mol. The summed E-state index contributed by atoms with van der Waals surface area (Å²) in [5, 5.41) is 3.06. The minimum absolute atomic E-state index is 0.302. The van der Waals surface area contributed by atoms with Gasteiger partial charge in [0.25, 0.3) is 0 Å². The largest absolute Gasteiger partial charge is 0.368 e. The summed E-state index contributed by atoms with van der Waals surface area (Å²) in [6.45, 7) is 4.44. The van der Waals surface area contributed by atoms with Crippen LogP contribution in [-0.2, 0) is 0 Å². The molecule has 0 aliphatic heterocycles. The molecule has 0 saturated heterocycles. The fourth-order valence-electron chi connectivity index (χ4n) is 0.963. The molecule has 0 radical (unpaired) electrons. The van der Waals surface area contributed by atoms with Crippen molar-refractivity contribution >= 4 is 11.7 Å². The van der Waals surface area contributed by atoms with Crippen LogP contribution in [-0.4, -0.2) is 23.0 Å². The topological polar surface area (TPSA) is 94.0 Å². The smallest absolute Gasteiger partial charge is 0.250 e. The van der Waals surface area contributed by atoms with Crippen molar-refractivity contribution in [3.8, 4) is 0 Å². The second kappa shape index (κ2) is 4.27. The molecule has 0 aromatic carbocycles. The first-order chi connectivity index (χ1) is 6.88. The zero-order valence-corrected chi connectivity index (χ0v) is 8.95. The molecule has 0 aliphatic rings. The van der Waals surface area contributed by atoms with Gasteiger partial charge in [0.05, 0.1) is 5.56 Å². The third kappa shape index (κ3) is 3.95. The van der Waals surface area contributed by atoms with E-state index in [1.807, 2.05) is 13.8 Å². The highest BCUT2D eigenvalue weighted by atomic mass is 16.1. The number of anilines is 1. The first-order valence-corrected chi connectivity index (χ1v) is 4.67. The van der Waals surface area contributed by atoms with E-state index >= 15 is 0 Å². The number of hydrogen-bond acceptors (Lipinski definition) is 4. The molecule has 0 fully saturated rings. The number of primary amides is 1. The molecular weight excluding hydrogens is 192 g/mol. The Morgan fingerprint density at radius 2 is 2.20 bits per heavy atom. The Kier molecular flexibility index (Phi) is 3.26. The third-order valence-corrected chi connectivity index (χ3v) is 1.77. The van der Waals surface area contributed by atoms with Crippen LogP contribution >= 0.6 is 0 Å². The van der Waals surface area contributed by atoms with Crippen LogP contribution in [0.15, 0.2) is 18.3 Å². The number of aromatic nitrogens is 1. The minimum atomic E-state index is -0.479. The highest BCUT2D eigenvalue weighted by molar-refractivity contribution is 5.92. The van der Waals surface area contributed by atoms with Gasteiger partial charge >= 0.3 is 0 Å². The zero-order valence-electron chi connectivity index (χ0n) is 8.95. The molecule has 1 amide bonds. The summed E-state index contributed by atoms with van der Waals surface area (Å²) in [4.78, 5) is 14.8. The quantitative estimate of drug-likeness (QED) is 0.664. The van der Waals surface area contributed by atoms with E-state index in [1.54, 1.807) is 12.1 Å². The van der Waals surface area contributed by atoms with Crippen LogP contribution in [0.25, 0.3) is 0 Å². The predicted molar refractivity (Wildman–Crippen MR) is 59.5 cm³/mol. The maximum atomic E-state index is 10.8. The predicted octanol–water partition coefficient (Wildman–Crippen LogP) is 0.330. The van der Waals surface area contributed by atoms with Gasteiger partial charge < -0.3 is 16.8 Å². The molecule has 5 heteroatoms. The Bertz CT molecular complexity index is 339. The van der Waals surface area contributed by atoms with Crippen LogP contribution in [0.1, 0.15) is 24.2 Å². The molecule has 82 valence electrons. The number of carbonyl (C=O) groups is 1. The van der Waals surface area contributed by atoms with Crippen molar-refractivity contribution in [3.63, 3.8) is 0 Å². The average molecular weight is 208 g/mol. The molecule has 0 unspecified atom stereocenters. The number of carbonyl (C=O) groups excluding carboxylic acids is 1. The highest BCUT2D eigenvalue weighted by Gasteiger charge is 2.10. The number of rotatable bonds is 4. The molecule has 15 heavy (non-hydrogen) atoms. The molecule has 5 nitrogen and oxygen atoms in total. The fourth-order valence-corrected chi connectivity index (χ4v) is 0.963. The van der Waals surface area contributed by atoms with Crippen molar-refractivity contribution < 1.29 is 4.79 Å². The molecule has 1 heterocycles. The van der Waals surface area contributed by atoms with Crippen molar-refractivity contribution in [2.45, 2.75) is 19.4 Å². The lowest BCUT2D eigenvalue weighted by atomic mass is 10.1. The maximum absolute atomic E-state index is 10.8. The van der Waals surface area contributed by atoms with E-state index in [-0.39, 0.29) is 5.54 Å². The van der Waals surface area contributed by atoms with Crippen LogP contribution in [0.4, 0.5) is 5.82 Å². The van der Waals surface area contributed by atoms with Gasteiger partial charge in [0, 0.05) is 18.3 Å². The van der Waals surface area contributed by atoms with Gasteiger partial charge in [-0.2, -0.15) is 0 Å². The van der Waals surface area contributed by atoms with Crippen LogP contribution < -0.4 is 16.8 Å². The normalized spacial score (nSPS) is 11.1. The van der Waals surface area contributed by atoms with E-state index in [0.717, 1.165) is 0 Å². The Labute approximate surface area is 88.9 Å². The Balaban J connectivity index is 2.61.